The van der Waals surface area contributed by atoms with E-state index in [0.29, 0.717) is 18.7 Å². The van der Waals surface area contributed by atoms with Crippen molar-refractivity contribution >= 4 is 11.8 Å². The van der Waals surface area contributed by atoms with E-state index < -0.39 is 5.54 Å². The highest BCUT2D eigenvalue weighted by Crippen LogP contribution is 2.26. The summed E-state index contributed by atoms with van der Waals surface area (Å²) in [5.41, 5.74) is 7.07. The lowest BCUT2D eigenvalue weighted by molar-refractivity contribution is -0.127. The molecular weight excluding hydrogens is 278 g/mol. The maximum absolute atomic E-state index is 12.3. The van der Waals surface area contributed by atoms with Crippen molar-refractivity contribution in [2.24, 2.45) is 5.73 Å². The first kappa shape index (κ1) is 16.5. The molecule has 0 radical (unpaired) electrons. The molecule has 0 atom stereocenters. The lowest BCUT2D eigenvalue weighted by Crippen LogP contribution is -2.54. The first-order chi connectivity index (χ1) is 10.5. The predicted molar refractivity (Wildman–Crippen MR) is 86.3 cm³/mol. The van der Waals surface area contributed by atoms with Crippen LogP contribution in [-0.2, 0) is 11.3 Å². The fraction of sp³-hybridized carbons (Fsp3) is 0.529. The maximum Gasteiger partial charge on any atom is 0.251 e. The summed E-state index contributed by atoms with van der Waals surface area (Å²) in [6.07, 6.45) is 4.72. The Morgan fingerprint density at radius 3 is 2.32 bits per heavy atom. The molecular formula is C17H25N3O2. The van der Waals surface area contributed by atoms with Crippen LogP contribution in [0.3, 0.4) is 0 Å². The maximum atomic E-state index is 12.3. The molecule has 0 unspecified atom stereocenters. The average Bonchev–Trinajstić information content (AvgIpc) is 2.54. The van der Waals surface area contributed by atoms with E-state index in [1.807, 2.05) is 19.1 Å². The van der Waals surface area contributed by atoms with E-state index >= 15 is 0 Å². The molecule has 0 saturated heterocycles. The second-order valence-electron chi connectivity index (χ2n) is 5.96. The van der Waals surface area contributed by atoms with Crippen molar-refractivity contribution in [3.63, 3.8) is 0 Å². The Hall–Kier alpha value is -1.88. The van der Waals surface area contributed by atoms with Crippen LogP contribution in [0.15, 0.2) is 24.3 Å². The van der Waals surface area contributed by atoms with Gasteiger partial charge < -0.3 is 16.4 Å². The Morgan fingerprint density at radius 2 is 1.73 bits per heavy atom. The zero-order valence-corrected chi connectivity index (χ0v) is 13.2. The summed E-state index contributed by atoms with van der Waals surface area (Å²) in [4.78, 5) is 23.9. The minimum Gasteiger partial charge on any atom is -0.352 e. The molecule has 22 heavy (non-hydrogen) atoms. The zero-order chi connectivity index (χ0) is 16.0. The molecule has 1 saturated carbocycles. The van der Waals surface area contributed by atoms with E-state index in [1.165, 1.54) is 0 Å². The zero-order valence-electron chi connectivity index (χ0n) is 13.2. The lowest BCUT2D eigenvalue weighted by atomic mass is 9.82. The summed E-state index contributed by atoms with van der Waals surface area (Å²) in [6, 6.07) is 7.25. The Morgan fingerprint density at radius 1 is 1.09 bits per heavy atom. The number of benzene rings is 1. The molecule has 1 aromatic rings. The van der Waals surface area contributed by atoms with Crippen molar-refractivity contribution in [1.29, 1.82) is 0 Å². The van der Waals surface area contributed by atoms with Gasteiger partial charge in [-0.2, -0.15) is 0 Å². The highest BCUT2D eigenvalue weighted by Gasteiger charge is 2.34. The number of nitrogens with two attached hydrogens (primary N) is 1. The summed E-state index contributed by atoms with van der Waals surface area (Å²) in [5, 5.41) is 5.67. The van der Waals surface area contributed by atoms with Gasteiger partial charge in [0.05, 0.1) is 5.54 Å². The van der Waals surface area contributed by atoms with Crippen molar-refractivity contribution in [3.8, 4) is 0 Å². The molecule has 4 N–H and O–H groups in total. The van der Waals surface area contributed by atoms with Gasteiger partial charge in [0.1, 0.15) is 0 Å². The van der Waals surface area contributed by atoms with Crippen LogP contribution in [0.2, 0.25) is 0 Å². The quantitative estimate of drug-likeness (QED) is 0.774. The van der Waals surface area contributed by atoms with Gasteiger partial charge >= 0.3 is 0 Å². The number of nitrogens with one attached hydrogen (secondary N) is 2. The smallest absolute Gasteiger partial charge is 0.251 e. The largest absolute Gasteiger partial charge is 0.352 e. The van der Waals surface area contributed by atoms with E-state index in [1.54, 1.807) is 12.1 Å². The van der Waals surface area contributed by atoms with E-state index in [-0.39, 0.29) is 11.8 Å². The van der Waals surface area contributed by atoms with Crippen LogP contribution in [0.4, 0.5) is 0 Å². The van der Waals surface area contributed by atoms with Gasteiger partial charge in [-0.25, -0.2) is 0 Å². The average molecular weight is 303 g/mol. The molecule has 1 fully saturated rings. The van der Waals surface area contributed by atoms with Crippen LogP contribution >= 0.6 is 0 Å². The van der Waals surface area contributed by atoms with Crippen molar-refractivity contribution in [2.45, 2.75) is 51.1 Å². The number of rotatable bonds is 5. The minimum absolute atomic E-state index is 0.0694. The van der Waals surface area contributed by atoms with E-state index in [0.717, 1.165) is 37.7 Å². The second kappa shape index (κ2) is 7.40. The molecule has 2 amide bonds. The number of amides is 2. The van der Waals surface area contributed by atoms with Crippen LogP contribution < -0.4 is 16.4 Å². The third-order valence-corrected chi connectivity index (χ3v) is 4.20. The Bertz CT molecular complexity index is 519. The molecule has 5 nitrogen and oxygen atoms in total. The molecule has 2 rings (SSSR count). The van der Waals surface area contributed by atoms with Gasteiger partial charge in [-0.3, -0.25) is 9.59 Å². The number of carbonyl (C=O) groups is 2. The van der Waals surface area contributed by atoms with Crippen LogP contribution in [0, 0.1) is 0 Å². The highest BCUT2D eigenvalue weighted by atomic mass is 16.2. The predicted octanol–water partition coefficient (Wildman–Crippen LogP) is 1.71. The van der Waals surface area contributed by atoms with Crippen molar-refractivity contribution in [1.82, 2.24) is 10.6 Å². The third kappa shape index (κ3) is 4.07. The van der Waals surface area contributed by atoms with Gasteiger partial charge in [0, 0.05) is 18.7 Å². The fourth-order valence-electron chi connectivity index (χ4n) is 2.80. The normalized spacial score (nSPS) is 16.8. The van der Waals surface area contributed by atoms with Gasteiger partial charge in [0.2, 0.25) is 5.91 Å². The van der Waals surface area contributed by atoms with Crippen LogP contribution in [0.5, 0.6) is 0 Å². The molecule has 1 aliphatic carbocycles. The van der Waals surface area contributed by atoms with Gasteiger partial charge in [-0.1, -0.05) is 31.4 Å². The van der Waals surface area contributed by atoms with Gasteiger partial charge in [-0.05, 0) is 37.5 Å². The van der Waals surface area contributed by atoms with Crippen LogP contribution in [0.25, 0.3) is 0 Å². The monoisotopic (exact) mass is 303 g/mol. The van der Waals surface area contributed by atoms with Crippen LogP contribution in [0.1, 0.15) is 54.9 Å². The van der Waals surface area contributed by atoms with Crippen LogP contribution in [-0.4, -0.2) is 23.9 Å². The molecule has 120 valence electrons. The summed E-state index contributed by atoms with van der Waals surface area (Å²) in [5.74, 6) is -0.152. The van der Waals surface area contributed by atoms with Crippen molar-refractivity contribution < 1.29 is 9.59 Å². The summed E-state index contributed by atoms with van der Waals surface area (Å²) >= 11 is 0. The Balaban J connectivity index is 1.88. The molecule has 0 aliphatic heterocycles. The molecule has 0 heterocycles. The fourth-order valence-corrected chi connectivity index (χ4v) is 2.80. The molecule has 1 aliphatic rings. The topological polar surface area (TPSA) is 84.2 Å². The van der Waals surface area contributed by atoms with Gasteiger partial charge in [0.25, 0.3) is 5.91 Å². The molecule has 1 aromatic carbocycles. The van der Waals surface area contributed by atoms with E-state index in [2.05, 4.69) is 10.6 Å². The molecule has 0 spiro atoms. The van der Waals surface area contributed by atoms with Crippen molar-refractivity contribution in [3.05, 3.63) is 35.4 Å². The first-order valence-corrected chi connectivity index (χ1v) is 7.99. The first-order valence-electron chi connectivity index (χ1n) is 7.99. The molecule has 0 aromatic heterocycles. The standard InChI is InChI=1S/C17H25N3O2/c1-2-19-15(21)14-8-6-13(7-9-14)12-20-16(22)17(18)10-4-3-5-11-17/h6-9H,2-5,10-12,18H2,1H3,(H,19,21)(H,20,22). The van der Waals surface area contributed by atoms with E-state index in [9.17, 15) is 9.59 Å². The van der Waals surface area contributed by atoms with Gasteiger partial charge in [-0.15, -0.1) is 0 Å². The second-order valence-corrected chi connectivity index (χ2v) is 5.96. The Kier molecular flexibility index (Phi) is 5.55. The lowest BCUT2D eigenvalue weighted by Gasteiger charge is -2.31. The summed E-state index contributed by atoms with van der Waals surface area (Å²) in [6.45, 7) is 2.93. The van der Waals surface area contributed by atoms with Crippen molar-refractivity contribution in [2.75, 3.05) is 6.54 Å². The molecule has 5 heteroatoms. The SMILES string of the molecule is CCNC(=O)c1ccc(CNC(=O)C2(N)CCCCC2)cc1. The molecule has 0 bridgehead atoms. The number of hydrogen-bond donors (Lipinski definition) is 3. The number of carbonyl (C=O) groups excluding carboxylic acids is 2. The van der Waals surface area contributed by atoms with E-state index in [4.69, 9.17) is 5.73 Å². The Labute approximate surface area is 131 Å². The highest BCUT2D eigenvalue weighted by molar-refractivity contribution is 5.94. The summed E-state index contributed by atoms with van der Waals surface area (Å²) < 4.78 is 0. The number of hydrogen-bond acceptors (Lipinski definition) is 3. The minimum atomic E-state index is -0.709. The third-order valence-electron chi connectivity index (χ3n) is 4.20. The summed E-state index contributed by atoms with van der Waals surface area (Å²) in [7, 11) is 0. The van der Waals surface area contributed by atoms with Gasteiger partial charge in [0.15, 0.2) is 0 Å².